The fourth-order valence-corrected chi connectivity index (χ4v) is 11.6. The summed E-state index contributed by atoms with van der Waals surface area (Å²) in [6.07, 6.45) is 70.0. The van der Waals surface area contributed by atoms with Gasteiger partial charge in [-0.05, 0) is 122 Å². The summed E-state index contributed by atoms with van der Waals surface area (Å²) in [5, 5.41) is 10.6. The third kappa shape index (κ3) is 68.8. The standard InChI is InChI=1S/C77H136O17P2/c1-5-9-13-17-21-25-29-32-34-35-37-39-43-46-50-54-58-62-75(80)88-68-73(94-77(82)64-60-56-52-48-44-40-36-33-30-26-22-18-14-10-6-2)70-92-96(85,86)90-66-71(78)65-89-95(83,84)91-69-72(93-76(81)63-59-55-51-47-41-28-24-20-16-12-8-4)67-87-74(79)61-57-53-49-45-42-38-31-27-23-19-15-11-7-3/h9,13,21-22,25-27,31-34,36-37,39,71-73,78H,5-8,10-12,14-20,23-24,28-30,35,38,40-70H2,1-4H3,(H,83,84)(H,85,86)/b13-9-,25-21-,26-22-,31-27-,34-32-,36-33-,39-37-. The van der Waals surface area contributed by atoms with Gasteiger partial charge >= 0.3 is 39.5 Å². The van der Waals surface area contributed by atoms with Crippen LogP contribution in [0.1, 0.15) is 323 Å². The lowest BCUT2D eigenvalue weighted by molar-refractivity contribution is -0.161. The summed E-state index contributed by atoms with van der Waals surface area (Å²) in [5.41, 5.74) is 0. The first kappa shape index (κ1) is 92.2. The number of carbonyl (C=O) groups is 4. The van der Waals surface area contributed by atoms with Crippen molar-refractivity contribution < 1.29 is 80.2 Å². The quantitative estimate of drug-likeness (QED) is 0.0169. The third-order valence-corrected chi connectivity index (χ3v) is 17.7. The molecule has 0 rings (SSSR count). The Kier molecular flexibility index (Phi) is 67.0. The van der Waals surface area contributed by atoms with Crippen molar-refractivity contribution in [2.24, 2.45) is 0 Å². The Hall–Kier alpha value is -3.76. The number of rotatable bonds is 71. The van der Waals surface area contributed by atoms with Crippen LogP contribution in [-0.2, 0) is 65.4 Å². The molecule has 3 N–H and O–H groups in total. The lowest BCUT2D eigenvalue weighted by atomic mass is 10.1. The summed E-state index contributed by atoms with van der Waals surface area (Å²) in [6, 6.07) is 0. The molecule has 0 saturated heterocycles. The minimum atomic E-state index is -4.98. The van der Waals surface area contributed by atoms with Gasteiger partial charge in [-0.25, -0.2) is 9.13 Å². The molecule has 556 valence electrons. The number of allylic oxidation sites excluding steroid dienone is 14. The molecule has 0 amide bonds. The van der Waals surface area contributed by atoms with E-state index in [4.69, 9.17) is 37.0 Å². The zero-order valence-electron chi connectivity index (χ0n) is 60.5. The molecule has 0 aromatic rings. The summed E-state index contributed by atoms with van der Waals surface area (Å²) >= 11 is 0. The highest BCUT2D eigenvalue weighted by molar-refractivity contribution is 7.47. The molecule has 0 saturated carbocycles. The second-order valence-corrected chi connectivity index (χ2v) is 28.1. The number of phosphoric ester groups is 2. The second kappa shape index (κ2) is 69.7. The van der Waals surface area contributed by atoms with Crippen LogP contribution in [0.3, 0.4) is 0 Å². The molecule has 0 aromatic carbocycles. The highest BCUT2D eigenvalue weighted by atomic mass is 31.2. The average Bonchev–Trinajstić information content (AvgIpc) is 2.18. The highest BCUT2D eigenvalue weighted by Gasteiger charge is 2.30. The van der Waals surface area contributed by atoms with Crippen LogP contribution >= 0.6 is 15.6 Å². The van der Waals surface area contributed by atoms with Crippen LogP contribution in [0.25, 0.3) is 0 Å². The van der Waals surface area contributed by atoms with E-state index in [1.807, 2.05) is 0 Å². The minimum Gasteiger partial charge on any atom is -0.462 e. The van der Waals surface area contributed by atoms with Gasteiger partial charge in [0.25, 0.3) is 0 Å². The largest absolute Gasteiger partial charge is 0.472 e. The number of phosphoric acid groups is 2. The molecule has 96 heavy (non-hydrogen) atoms. The fraction of sp³-hybridized carbons (Fsp3) is 0.766. The topological polar surface area (TPSA) is 237 Å². The maximum atomic E-state index is 13.1. The average molecular weight is 1400 g/mol. The monoisotopic (exact) mass is 1390 g/mol. The lowest BCUT2D eigenvalue weighted by Crippen LogP contribution is -2.30. The molecule has 5 unspecified atom stereocenters. The van der Waals surface area contributed by atoms with Crippen molar-refractivity contribution in [2.75, 3.05) is 39.6 Å². The van der Waals surface area contributed by atoms with Gasteiger partial charge in [0.05, 0.1) is 26.4 Å². The van der Waals surface area contributed by atoms with Crippen molar-refractivity contribution in [3.05, 3.63) is 85.1 Å². The predicted octanol–water partition coefficient (Wildman–Crippen LogP) is 21.4. The maximum Gasteiger partial charge on any atom is 0.472 e. The van der Waals surface area contributed by atoms with Gasteiger partial charge in [-0.15, -0.1) is 0 Å². The Balaban J connectivity index is 5.35. The van der Waals surface area contributed by atoms with E-state index >= 15 is 0 Å². The van der Waals surface area contributed by atoms with Crippen LogP contribution in [0.4, 0.5) is 0 Å². The number of esters is 4. The molecule has 0 radical (unpaired) electrons. The van der Waals surface area contributed by atoms with Crippen LogP contribution in [0.5, 0.6) is 0 Å². The molecule has 0 aliphatic carbocycles. The Morgan fingerprint density at radius 1 is 0.302 bits per heavy atom. The zero-order valence-corrected chi connectivity index (χ0v) is 62.3. The van der Waals surface area contributed by atoms with E-state index in [-0.39, 0.29) is 25.7 Å². The number of hydrogen-bond acceptors (Lipinski definition) is 15. The van der Waals surface area contributed by atoms with Gasteiger partial charge in [0, 0.05) is 25.7 Å². The number of carbonyl (C=O) groups excluding carboxylic acids is 4. The molecule has 0 bridgehead atoms. The summed E-state index contributed by atoms with van der Waals surface area (Å²) in [5.74, 6) is -2.21. The fourth-order valence-electron chi connectivity index (χ4n) is 10.1. The number of aliphatic hydroxyl groups excluding tert-OH is 1. The molecule has 17 nitrogen and oxygen atoms in total. The summed E-state index contributed by atoms with van der Waals surface area (Å²) < 4.78 is 68.4. The minimum absolute atomic E-state index is 0.0741. The number of hydrogen-bond donors (Lipinski definition) is 3. The van der Waals surface area contributed by atoms with Crippen LogP contribution in [0.15, 0.2) is 85.1 Å². The molecule has 5 atom stereocenters. The van der Waals surface area contributed by atoms with Crippen molar-refractivity contribution in [1.82, 2.24) is 0 Å². The van der Waals surface area contributed by atoms with Gasteiger partial charge in [0.1, 0.15) is 19.3 Å². The van der Waals surface area contributed by atoms with Crippen LogP contribution in [0, 0.1) is 0 Å². The lowest BCUT2D eigenvalue weighted by Gasteiger charge is -2.21. The molecule has 0 fully saturated rings. The Morgan fingerprint density at radius 3 is 0.875 bits per heavy atom. The second-order valence-electron chi connectivity index (χ2n) is 25.2. The van der Waals surface area contributed by atoms with Crippen molar-refractivity contribution in [2.45, 2.75) is 341 Å². The van der Waals surface area contributed by atoms with Crippen molar-refractivity contribution in [3.8, 4) is 0 Å². The number of unbranched alkanes of at least 4 members (excludes halogenated alkanes) is 31. The van der Waals surface area contributed by atoms with Crippen LogP contribution < -0.4 is 0 Å². The smallest absolute Gasteiger partial charge is 0.462 e. The predicted molar refractivity (Wildman–Crippen MR) is 390 cm³/mol. The van der Waals surface area contributed by atoms with E-state index in [1.54, 1.807) is 0 Å². The van der Waals surface area contributed by atoms with Gasteiger partial charge in [-0.2, -0.15) is 0 Å². The molecule has 19 heteroatoms. The molecule has 0 heterocycles. The molecule has 0 aromatic heterocycles. The van der Waals surface area contributed by atoms with E-state index in [9.17, 15) is 43.2 Å². The van der Waals surface area contributed by atoms with Crippen molar-refractivity contribution >= 4 is 39.5 Å². The Morgan fingerprint density at radius 2 is 0.542 bits per heavy atom. The first-order valence-electron chi connectivity index (χ1n) is 37.8. The van der Waals surface area contributed by atoms with Gasteiger partial charge in [-0.1, -0.05) is 260 Å². The van der Waals surface area contributed by atoms with E-state index in [2.05, 4.69) is 113 Å². The van der Waals surface area contributed by atoms with Crippen molar-refractivity contribution in [3.63, 3.8) is 0 Å². The van der Waals surface area contributed by atoms with Gasteiger partial charge < -0.3 is 33.8 Å². The molecule has 0 spiro atoms. The normalized spacial score (nSPS) is 14.4. The molecular formula is C77H136O17P2. The maximum absolute atomic E-state index is 13.1. The van der Waals surface area contributed by atoms with Gasteiger partial charge in [0.2, 0.25) is 0 Å². The molecule has 0 aliphatic heterocycles. The SMILES string of the molecule is CC/C=C\C/C=C\C/C=C\C/C=C\CCCCCCC(=O)OCC(COP(=O)(O)OCC(O)COP(=O)(O)OCC(COC(=O)CCCCCCC/C=C\CCCCCC)OC(=O)CCCCCCCCCCCCC)OC(=O)CCCCCCC/C=C\C/C=C\CCCCC. The summed E-state index contributed by atoms with van der Waals surface area (Å²) in [4.78, 5) is 72.7. The first-order valence-corrected chi connectivity index (χ1v) is 40.8. The molecular weight excluding hydrogens is 1260 g/mol. The summed E-state index contributed by atoms with van der Waals surface area (Å²) in [6.45, 7) is 4.68. The number of aliphatic hydroxyl groups is 1. The van der Waals surface area contributed by atoms with E-state index < -0.39 is 97.5 Å². The number of ether oxygens (including phenoxy) is 4. The van der Waals surface area contributed by atoms with Gasteiger partial charge in [0.15, 0.2) is 12.2 Å². The first-order chi connectivity index (χ1) is 46.7. The molecule has 0 aliphatic rings. The van der Waals surface area contributed by atoms with Gasteiger partial charge in [-0.3, -0.25) is 37.3 Å². The van der Waals surface area contributed by atoms with Crippen LogP contribution in [0.2, 0.25) is 0 Å². The van der Waals surface area contributed by atoms with E-state index in [0.29, 0.717) is 25.7 Å². The summed E-state index contributed by atoms with van der Waals surface area (Å²) in [7, 11) is -9.95. The van der Waals surface area contributed by atoms with Crippen LogP contribution in [-0.4, -0.2) is 96.7 Å². The Bertz CT molecular complexity index is 2160. The Labute approximate surface area is 583 Å². The highest BCUT2D eigenvalue weighted by Crippen LogP contribution is 2.45. The zero-order chi connectivity index (χ0) is 70.4. The van der Waals surface area contributed by atoms with Crippen molar-refractivity contribution in [1.29, 1.82) is 0 Å². The van der Waals surface area contributed by atoms with E-state index in [1.165, 1.54) is 83.5 Å². The third-order valence-electron chi connectivity index (χ3n) is 15.8. The van der Waals surface area contributed by atoms with E-state index in [0.717, 1.165) is 161 Å².